The van der Waals surface area contributed by atoms with E-state index in [-0.39, 0.29) is 6.61 Å². The molecule has 0 spiro atoms. The number of pyridine rings is 1. The molecule has 1 aromatic heterocycles. The van der Waals surface area contributed by atoms with Crippen molar-refractivity contribution in [3.8, 4) is 11.1 Å². The van der Waals surface area contributed by atoms with Crippen LogP contribution in [0.2, 0.25) is 0 Å². The molecule has 0 aliphatic carbocycles. The van der Waals surface area contributed by atoms with Crippen molar-refractivity contribution in [1.82, 2.24) is 10.3 Å². The second-order valence-corrected chi connectivity index (χ2v) is 9.44. The van der Waals surface area contributed by atoms with Crippen LogP contribution in [0.15, 0.2) is 48.7 Å². The van der Waals surface area contributed by atoms with E-state index in [1.165, 1.54) is 7.11 Å². The van der Waals surface area contributed by atoms with Gasteiger partial charge < -0.3 is 24.8 Å². The second kappa shape index (κ2) is 12.2. The molecule has 2 aromatic rings. The van der Waals surface area contributed by atoms with Gasteiger partial charge in [0.25, 0.3) is 0 Å². The van der Waals surface area contributed by atoms with Crippen LogP contribution in [0.25, 0.3) is 11.1 Å². The lowest BCUT2D eigenvalue weighted by molar-refractivity contribution is -0.143. The highest BCUT2D eigenvalue weighted by Gasteiger charge is 2.24. The number of esters is 1. The van der Waals surface area contributed by atoms with Crippen LogP contribution in [0, 0.1) is 0 Å². The summed E-state index contributed by atoms with van der Waals surface area (Å²) < 4.78 is 15.4. The number of aromatic nitrogens is 1. The van der Waals surface area contributed by atoms with Crippen molar-refractivity contribution >= 4 is 29.5 Å². The van der Waals surface area contributed by atoms with Crippen LogP contribution in [0.1, 0.15) is 52.3 Å². The van der Waals surface area contributed by atoms with E-state index in [4.69, 9.17) is 14.2 Å². The van der Waals surface area contributed by atoms with E-state index in [0.717, 1.165) is 11.1 Å². The van der Waals surface area contributed by atoms with Crippen molar-refractivity contribution in [2.45, 2.75) is 58.2 Å². The van der Waals surface area contributed by atoms with E-state index in [2.05, 4.69) is 20.9 Å². The fourth-order valence-corrected chi connectivity index (χ4v) is 3.78. The number of anilines is 2. The van der Waals surface area contributed by atoms with E-state index >= 15 is 0 Å². The van der Waals surface area contributed by atoms with Crippen LogP contribution in [-0.2, 0) is 19.0 Å². The number of nitrogens with zero attached hydrogens (tertiary/aromatic N) is 1. The Morgan fingerprint density at radius 3 is 2.54 bits per heavy atom. The molecular weight excluding hydrogens is 476 g/mol. The number of hydrogen-bond acceptors (Lipinski definition) is 8. The van der Waals surface area contributed by atoms with E-state index in [1.54, 1.807) is 46.0 Å². The predicted octanol–water partition coefficient (Wildman–Crippen LogP) is 5.19. The SMILES string of the molecule is CCOC(=O)[C@H]1CC=CC[C@H](NC(=O)OC(C)(C)C)c2cc(ccn2)-c2ccc(NC(=O)OC)cc2N1. The summed E-state index contributed by atoms with van der Waals surface area (Å²) in [4.78, 5) is 41.6. The minimum absolute atomic E-state index is 0.243. The van der Waals surface area contributed by atoms with Gasteiger partial charge in [-0.3, -0.25) is 10.3 Å². The highest BCUT2D eigenvalue weighted by molar-refractivity contribution is 5.90. The molecule has 1 aromatic carbocycles. The minimum atomic E-state index is -0.679. The first kappa shape index (κ1) is 27.5. The van der Waals surface area contributed by atoms with Crippen LogP contribution in [0.3, 0.4) is 0 Å². The van der Waals surface area contributed by atoms with E-state index in [1.807, 2.05) is 30.4 Å². The molecule has 0 fully saturated rings. The average Bonchev–Trinajstić information content (AvgIpc) is 2.83. The number of alkyl carbamates (subject to hydrolysis) is 1. The molecule has 198 valence electrons. The monoisotopic (exact) mass is 510 g/mol. The number of benzene rings is 1. The third-order valence-corrected chi connectivity index (χ3v) is 5.40. The molecule has 3 rings (SSSR count). The molecule has 0 saturated heterocycles. The zero-order valence-corrected chi connectivity index (χ0v) is 21.8. The third-order valence-electron chi connectivity index (χ3n) is 5.40. The lowest BCUT2D eigenvalue weighted by atomic mass is 9.99. The molecule has 0 radical (unpaired) electrons. The summed E-state index contributed by atoms with van der Waals surface area (Å²) in [6.07, 6.45) is 5.04. The highest BCUT2D eigenvalue weighted by Crippen LogP contribution is 2.33. The Labute approximate surface area is 216 Å². The zero-order chi connectivity index (χ0) is 27.0. The van der Waals surface area contributed by atoms with Gasteiger partial charge in [0.1, 0.15) is 11.6 Å². The number of hydrogen-bond donors (Lipinski definition) is 3. The molecule has 10 nitrogen and oxygen atoms in total. The summed E-state index contributed by atoms with van der Waals surface area (Å²) in [5.74, 6) is -0.402. The average molecular weight is 511 g/mol. The molecule has 2 bridgehead atoms. The molecule has 2 amide bonds. The maximum atomic E-state index is 12.8. The number of nitrogens with one attached hydrogen (secondary N) is 3. The van der Waals surface area contributed by atoms with E-state index < -0.39 is 35.8 Å². The second-order valence-electron chi connectivity index (χ2n) is 9.44. The van der Waals surface area contributed by atoms with Gasteiger partial charge in [-0.2, -0.15) is 0 Å². The molecule has 3 N–H and O–H groups in total. The first-order valence-electron chi connectivity index (χ1n) is 12.1. The van der Waals surface area contributed by atoms with Gasteiger partial charge in [-0.15, -0.1) is 0 Å². The zero-order valence-electron chi connectivity index (χ0n) is 21.8. The topological polar surface area (TPSA) is 128 Å². The number of methoxy groups -OCH3 is 1. The maximum Gasteiger partial charge on any atom is 0.411 e. The molecule has 0 unspecified atom stereocenters. The highest BCUT2D eigenvalue weighted by atomic mass is 16.6. The summed E-state index contributed by atoms with van der Waals surface area (Å²) in [6.45, 7) is 7.40. The van der Waals surface area contributed by atoms with Crippen molar-refractivity contribution in [3.63, 3.8) is 0 Å². The third kappa shape index (κ3) is 7.96. The Bertz CT molecular complexity index is 1160. The number of fused-ring (bicyclic) bond motifs is 4. The standard InChI is InChI=1S/C27H34N4O6/c1-6-36-24(32)21-10-8-7-9-20(31-26(34)37-27(2,3)4)23-15-17(13-14-28-23)19-12-11-18(16-22(19)30-21)29-25(33)35-5/h7-8,11-16,20-21,30H,6,9-10H2,1-5H3,(H,29,33)(H,31,34)/t20-,21+/m0/s1. The van der Waals surface area contributed by atoms with Crippen molar-refractivity contribution in [2.24, 2.45) is 0 Å². The Kier molecular flexibility index (Phi) is 9.10. The summed E-state index contributed by atoms with van der Waals surface area (Å²) >= 11 is 0. The summed E-state index contributed by atoms with van der Waals surface area (Å²) in [5.41, 5.74) is 2.68. The van der Waals surface area contributed by atoms with E-state index in [0.29, 0.717) is 29.9 Å². The number of amides is 2. The molecule has 0 saturated carbocycles. The van der Waals surface area contributed by atoms with Crippen molar-refractivity contribution < 1.29 is 28.6 Å². The van der Waals surface area contributed by atoms with Gasteiger partial charge in [0, 0.05) is 23.1 Å². The maximum absolute atomic E-state index is 12.8. The van der Waals surface area contributed by atoms with Gasteiger partial charge >= 0.3 is 18.2 Å². The molecule has 37 heavy (non-hydrogen) atoms. The smallest absolute Gasteiger partial charge is 0.411 e. The van der Waals surface area contributed by atoms with Crippen LogP contribution in [-0.4, -0.2) is 48.5 Å². The van der Waals surface area contributed by atoms with E-state index in [9.17, 15) is 14.4 Å². The molecule has 2 heterocycles. The fourth-order valence-electron chi connectivity index (χ4n) is 3.78. The van der Waals surface area contributed by atoms with Crippen LogP contribution in [0.5, 0.6) is 0 Å². The van der Waals surface area contributed by atoms with Gasteiger partial charge in [-0.1, -0.05) is 18.2 Å². The van der Waals surface area contributed by atoms with Crippen LogP contribution in [0.4, 0.5) is 21.0 Å². The molecule has 1 aliphatic rings. The molecular formula is C27H34N4O6. The largest absolute Gasteiger partial charge is 0.464 e. The van der Waals surface area contributed by atoms with Gasteiger partial charge in [0.2, 0.25) is 0 Å². The Balaban J connectivity index is 2.06. The lowest BCUT2D eigenvalue weighted by Gasteiger charge is -2.24. The molecule has 2 atom stereocenters. The van der Waals surface area contributed by atoms with Crippen molar-refractivity contribution in [2.75, 3.05) is 24.4 Å². The number of carbonyl (C=O) groups is 3. The normalized spacial score (nSPS) is 17.1. The first-order chi connectivity index (χ1) is 17.6. The van der Waals surface area contributed by atoms with Crippen molar-refractivity contribution in [1.29, 1.82) is 0 Å². The number of rotatable bonds is 4. The lowest BCUT2D eigenvalue weighted by Crippen LogP contribution is -2.35. The van der Waals surface area contributed by atoms with Crippen LogP contribution < -0.4 is 16.0 Å². The molecule has 10 heteroatoms. The first-order valence-corrected chi connectivity index (χ1v) is 12.1. The quantitative estimate of drug-likeness (QED) is 0.291. The van der Waals surface area contributed by atoms with Gasteiger partial charge in [0.15, 0.2) is 0 Å². The number of ether oxygens (including phenoxy) is 3. The van der Waals surface area contributed by atoms with Crippen LogP contribution >= 0.6 is 0 Å². The van der Waals surface area contributed by atoms with Gasteiger partial charge in [-0.25, -0.2) is 14.4 Å². The minimum Gasteiger partial charge on any atom is -0.464 e. The fraction of sp³-hybridized carbons (Fsp3) is 0.407. The Morgan fingerprint density at radius 1 is 1.08 bits per heavy atom. The predicted molar refractivity (Wildman–Crippen MR) is 140 cm³/mol. The van der Waals surface area contributed by atoms with Gasteiger partial charge in [0.05, 0.1) is 25.5 Å². The van der Waals surface area contributed by atoms with Crippen molar-refractivity contribution in [3.05, 3.63) is 54.4 Å². The summed E-state index contributed by atoms with van der Waals surface area (Å²) in [5, 5.41) is 8.84. The summed E-state index contributed by atoms with van der Waals surface area (Å²) in [6, 6.07) is 7.87. The number of carbonyl (C=O) groups excluding carboxylic acids is 3. The van der Waals surface area contributed by atoms with Gasteiger partial charge in [-0.05, 0) is 70.4 Å². The molecule has 1 aliphatic heterocycles. The Hall–Kier alpha value is -4.08. The Morgan fingerprint density at radius 2 is 1.84 bits per heavy atom. The summed E-state index contributed by atoms with van der Waals surface area (Å²) in [7, 11) is 1.28.